The fourth-order valence-corrected chi connectivity index (χ4v) is 3.00. The predicted octanol–water partition coefficient (Wildman–Crippen LogP) is 4.24. The van der Waals surface area contributed by atoms with Crippen LogP contribution in [-0.4, -0.2) is 45.0 Å². The molecule has 0 aromatic heterocycles. The molecular weight excluding hydrogens is 464 g/mol. The highest BCUT2D eigenvalue weighted by Gasteiger charge is 2.13. The number of carbonyl (C=O) groups excluding carboxylic acids is 2. The number of hydrogen-bond donors (Lipinski definition) is 1. The van der Waals surface area contributed by atoms with Crippen LogP contribution < -0.4 is 29.1 Å². The lowest BCUT2D eigenvalue weighted by Gasteiger charge is -2.11. The Kier molecular flexibility index (Phi) is 9.69. The summed E-state index contributed by atoms with van der Waals surface area (Å²) in [7, 11) is 1.57. The first-order valence-electron chi connectivity index (χ1n) is 11.3. The number of amides is 1. The second-order valence-electron chi connectivity index (χ2n) is 7.24. The van der Waals surface area contributed by atoms with E-state index < -0.39 is 11.9 Å². The zero-order chi connectivity index (χ0) is 25.8. The van der Waals surface area contributed by atoms with E-state index in [4.69, 9.17) is 23.7 Å². The largest absolute Gasteiger partial charge is 0.497 e. The Morgan fingerprint density at radius 2 is 1.44 bits per heavy atom. The molecule has 0 saturated heterocycles. The number of hydrogen-bond acceptors (Lipinski definition) is 8. The van der Waals surface area contributed by atoms with Gasteiger partial charge in [-0.25, -0.2) is 10.2 Å². The molecule has 3 aromatic carbocycles. The van der Waals surface area contributed by atoms with Gasteiger partial charge in [-0.05, 0) is 86.1 Å². The van der Waals surface area contributed by atoms with Gasteiger partial charge in [0.2, 0.25) is 0 Å². The van der Waals surface area contributed by atoms with E-state index in [0.717, 1.165) is 0 Å². The third-order valence-corrected chi connectivity index (χ3v) is 4.70. The van der Waals surface area contributed by atoms with Crippen LogP contribution in [0.1, 0.15) is 29.8 Å². The Hall–Kier alpha value is -4.53. The number of benzene rings is 3. The van der Waals surface area contributed by atoms with Crippen molar-refractivity contribution in [2.45, 2.75) is 13.8 Å². The van der Waals surface area contributed by atoms with Gasteiger partial charge in [0.05, 0.1) is 32.1 Å². The van der Waals surface area contributed by atoms with E-state index in [-0.39, 0.29) is 12.4 Å². The molecule has 0 aliphatic rings. The van der Waals surface area contributed by atoms with E-state index >= 15 is 0 Å². The maximum Gasteiger partial charge on any atom is 0.343 e. The highest BCUT2D eigenvalue weighted by molar-refractivity contribution is 5.92. The number of methoxy groups -OCH3 is 1. The first-order chi connectivity index (χ1) is 17.5. The highest BCUT2D eigenvalue weighted by atomic mass is 16.6. The van der Waals surface area contributed by atoms with Crippen LogP contribution in [0, 0.1) is 0 Å². The summed E-state index contributed by atoms with van der Waals surface area (Å²) in [6.45, 7) is 4.42. The van der Waals surface area contributed by atoms with Gasteiger partial charge in [-0.15, -0.1) is 0 Å². The zero-order valence-corrected chi connectivity index (χ0v) is 20.4. The lowest BCUT2D eigenvalue weighted by molar-refractivity contribution is -0.123. The molecule has 0 spiro atoms. The van der Waals surface area contributed by atoms with Crippen LogP contribution in [0.25, 0.3) is 0 Å². The maximum atomic E-state index is 12.6. The van der Waals surface area contributed by atoms with Crippen molar-refractivity contribution in [2.75, 3.05) is 26.9 Å². The van der Waals surface area contributed by atoms with Gasteiger partial charge in [0.25, 0.3) is 5.91 Å². The molecule has 0 aliphatic heterocycles. The van der Waals surface area contributed by atoms with Crippen LogP contribution in [0.4, 0.5) is 0 Å². The Labute approximate surface area is 209 Å². The summed E-state index contributed by atoms with van der Waals surface area (Å²) in [5.74, 6) is 1.59. The van der Waals surface area contributed by atoms with Crippen molar-refractivity contribution in [1.29, 1.82) is 0 Å². The average molecular weight is 493 g/mol. The Bertz CT molecular complexity index is 1180. The van der Waals surface area contributed by atoms with Crippen molar-refractivity contribution in [2.24, 2.45) is 5.10 Å². The molecule has 0 saturated carbocycles. The summed E-state index contributed by atoms with van der Waals surface area (Å²) >= 11 is 0. The van der Waals surface area contributed by atoms with Crippen LogP contribution in [0.15, 0.2) is 71.8 Å². The van der Waals surface area contributed by atoms with Crippen LogP contribution in [0.3, 0.4) is 0 Å². The monoisotopic (exact) mass is 492 g/mol. The molecule has 36 heavy (non-hydrogen) atoms. The Morgan fingerprint density at radius 3 is 2.11 bits per heavy atom. The minimum absolute atomic E-state index is 0.200. The number of nitrogens with zero attached hydrogens (tertiary/aromatic N) is 1. The van der Waals surface area contributed by atoms with Crippen LogP contribution >= 0.6 is 0 Å². The molecule has 1 amide bonds. The standard InChI is InChI=1S/C27H28N2O7/c1-4-33-22-9-7-20(8-10-22)27(31)36-24-15-6-19(16-25(24)34-5-2)17-28-29-26(30)18-35-23-13-11-21(32-3)12-14-23/h6-17H,4-5,18H2,1-3H3,(H,29,30). The van der Waals surface area contributed by atoms with Crippen LogP contribution in [-0.2, 0) is 4.79 Å². The molecule has 0 heterocycles. The van der Waals surface area contributed by atoms with Gasteiger partial charge in [-0.2, -0.15) is 5.10 Å². The number of ether oxygens (including phenoxy) is 5. The lowest BCUT2D eigenvalue weighted by Crippen LogP contribution is -2.24. The molecule has 0 aliphatic carbocycles. The summed E-state index contributed by atoms with van der Waals surface area (Å²) < 4.78 is 27.0. The lowest BCUT2D eigenvalue weighted by atomic mass is 10.2. The number of nitrogens with one attached hydrogen (secondary N) is 1. The maximum absolute atomic E-state index is 12.6. The first-order valence-corrected chi connectivity index (χ1v) is 11.3. The van der Waals surface area contributed by atoms with Crippen molar-refractivity contribution in [1.82, 2.24) is 5.43 Å². The van der Waals surface area contributed by atoms with Gasteiger partial charge < -0.3 is 23.7 Å². The third kappa shape index (κ3) is 7.76. The normalized spacial score (nSPS) is 10.5. The first kappa shape index (κ1) is 26.1. The van der Waals surface area contributed by atoms with Gasteiger partial charge in [-0.1, -0.05) is 0 Å². The highest BCUT2D eigenvalue weighted by Crippen LogP contribution is 2.29. The van der Waals surface area contributed by atoms with Gasteiger partial charge in [-0.3, -0.25) is 4.79 Å². The molecule has 9 nitrogen and oxygen atoms in total. The summed E-state index contributed by atoms with van der Waals surface area (Å²) in [4.78, 5) is 24.6. The quantitative estimate of drug-likeness (QED) is 0.175. The molecular formula is C27H28N2O7. The fraction of sp³-hybridized carbons (Fsp3) is 0.222. The van der Waals surface area contributed by atoms with Gasteiger partial charge in [0.15, 0.2) is 18.1 Å². The van der Waals surface area contributed by atoms with Crippen molar-refractivity contribution in [3.05, 3.63) is 77.9 Å². The van der Waals surface area contributed by atoms with Crippen LogP contribution in [0.5, 0.6) is 28.7 Å². The number of hydrazone groups is 1. The minimum Gasteiger partial charge on any atom is -0.497 e. The molecule has 3 rings (SSSR count). The molecule has 0 unspecified atom stereocenters. The number of rotatable bonds is 12. The van der Waals surface area contributed by atoms with E-state index in [1.807, 2.05) is 13.8 Å². The Balaban J connectivity index is 1.57. The molecule has 0 bridgehead atoms. The van der Waals surface area contributed by atoms with Crippen molar-refractivity contribution < 1.29 is 33.3 Å². The number of esters is 1. The van der Waals surface area contributed by atoms with Crippen molar-refractivity contribution >= 4 is 18.1 Å². The molecule has 3 aromatic rings. The minimum atomic E-state index is -0.524. The molecule has 9 heteroatoms. The van der Waals surface area contributed by atoms with Crippen molar-refractivity contribution in [3.63, 3.8) is 0 Å². The summed E-state index contributed by atoms with van der Waals surface area (Å²) in [5, 5.41) is 3.94. The van der Waals surface area contributed by atoms with Gasteiger partial charge >= 0.3 is 5.97 Å². The molecule has 0 fully saturated rings. The molecule has 188 valence electrons. The summed E-state index contributed by atoms with van der Waals surface area (Å²) in [6.07, 6.45) is 1.45. The SMILES string of the molecule is CCOc1ccc(C(=O)Oc2ccc(C=NNC(=O)COc3ccc(OC)cc3)cc2OCC)cc1. The Morgan fingerprint density at radius 1 is 0.806 bits per heavy atom. The average Bonchev–Trinajstić information content (AvgIpc) is 2.90. The van der Waals surface area contributed by atoms with Gasteiger partial charge in [0, 0.05) is 0 Å². The van der Waals surface area contributed by atoms with E-state index in [9.17, 15) is 9.59 Å². The second-order valence-corrected chi connectivity index (χ2v) is 7.24. The molecule has 0 radical (unpaired) electrons. The smallest absolute Gasteiger partial charge is 0.343 e. The molecule has 0 atom stereocenters. The van der Waals surface area contributed by atoms with E-state index in [1.54, 1.807) is 73.8 Å². The predicted molar refractivity (Wildman–Crippen MR) is 134 cm³/mol. The number of carbonyl (C=O) groups is 2. The summed E-state index contributed by atoms with van der Waals surface area (Å²) in [5.41, 5.74) is 3.42. The van der Waals surface area contributed by atoms with E-state index in [2.05, 4.69) is 10.5 Å². The van der Waals surface area contributed by atoms with Gasteiger partial charge in [0.1, 0.15) is 17.2 Å². The molecule has 1 N–H and O–H groups in total. The van der Waals surface area contributed by atoms with E-state index in [0.29, 0.717) is 47.3 Å². The topological polar surface area (TPSA) is 105 Å². The second kappa shape index (κ2) is 13.4. The fourth-order valence-electron chi connectivity index (χ4n) is 3.00. The van der Waals surface area contributed by atoms with E-state index in [1.165, 1.54) is 6.21 Å². The summed E-state index contributed by atoms with van der Waals surface area (Å²) in [6, 6.07) is 18.5. The zero-order valence-electron chi connectivity index (χ0n) is 20.4. The van der Waals surface area contributed by atoms with Crippen molar-refractivity contribution in [3.8, 4) is 28.7 Å². The third-order valence-electron chi connectivity index (χ3n) is 4.70. The van der Waals surface area contributed by atoms with Crippen LogP contribution in [0.2, 0.25) is 0 Å².